The van der Waals surface area contributed by atoms with E-state index in [4.69, 9.17) is 15.6 Å². The first-order valence-corrected chi connectivity index (χ1v) is 7.52. The fourth-order valence-corrected chi connectivity index (χ4v) is 2.21. The maximum atomic E-state index is 12.5. The van der Waals surface area contributed by atoms with Gasteiger partial charge in [-0.05, 0) is 48.9 Å². The Kier molecular flexibility index (Phi) is 7.42. The lowest BCUT2D eigenvalue weighted by Gasteiger charge is -2.13. The summed E-state index contributed by atoms with van der Waals surface area (Å²) in [4.78, 5) is 23.4. The van der Waals surface area contributed by atoms with E-state index in [0.717, 1.165) is 0 Å². The third kappa shape index (κ3) is 4.95. The Bertz CT molecular complexity index is 746. The highest BCUT2D eigenvalue weighted by atomic mass is 35.5. The van der Waals surface area contributed by atoms with Crippen molar-refractivity contribution in [2.75, 3.05) is 0 Å². The van der Waals surface area contributed by atoms with Crippen LogP contribution in [0.5, 0.6) is 11.5 Å². The van der Waals surface area contributed by atoms with Crippen molar-refractivity contribution in [2.24, 2.45) is 5.73 Å². The number of phenolic OH excluding ortho intramolecular Hbond substituents is 1. The standard InChI is InChI=1S/C18H19NO5.ClH/c1-2-16(18(22)23)24-14-6-3-11(4-7-14)17(21)12-5-8-15(20)13(9-12)10-19;/h3-9,16,20H,2,10,19H2,1H3,(H,22,23);1H. The van der Waals surface area contributed by atoms with Crippen LogP contribution in [0, 0.1) is 0 Å². The van der Waals surface area contributed by atoms with Crippen molar-refractivity contribution in [3.63, 3.8) is 0 Å². The van der Waals surface area contributed by atoms with Crippen LogP contribution in [0.25, 0.3) is 0 Å². The minimum absolute atomic E-state index is 0. The Labute approximate surface area is 151 Å². The molecule has 0 radical (unpaired) electrons. The van der Waals surface area contributed by atoms with Gasteiger partial charge < -0.3 is 20.7 Å². The van der Waals surface area contributed by atoms with Gasteiger partial charge in [0.05, 0.1) is 0 Å². The topological polar surface area (TPSA) is 110 Å². The highest BCUT2D eigenvalue weighted by Crippen LogP contribution is 2.21. The SMILES string of the molecule is CCC(Oc1ccc(C(=O)c2ccc(O)c(CN)c2)cc1)C(=O)O.Cl. The zero-order chi connectivity index (χ0) is 17.7. The first kappa shape index (κ1) is 20.5. The molecule has 0 amide bonds. The highest BCUT2D eigenvalue weighted by molar-refractivity contribution is 6.09. The molecule has 0 bridgehead atoms. The molecule has 0 aliphatic carbocycles. The van der Waals surface area contributed by atoms with Crippen LogP contribution in [-0.2, 0) is 11.3 Å². The number of carboxylic acids is 1. The van der Waals surface area contributed by atoms with Gasteiger partial charge in [0.2, 0.25) is 0 Å². The van der Waals surface area contributed by atoms with Gasteiger partial charge in [-0.25, -0.2) is 4.79 Å². The molecule has 7 heteroatoms. The number of ketones is 1. The summed E-state index contributed by atoms with van der Waals surface area (Å²) in [5.74, 6) is -0.816. The van der Waals surface area contributed by atoms with Crippen LogP contribution in [0.15, 0.2) is 42.5 Å². The Balaban J connectivity index is 0.00000312. The van der Waals surface area contributed by atoms with Crippen molar-refractivity contribution < 1.29 is 24.5 Å². The average Bonchev–Trinajstić information content (AvgIpc) is 2.59. The number of ether oxygens (including phenoxy) is 1. The molecule has 2 aromatic carbocycles. The van der Waals surface area contributed by atoms with Crippen molar-refractivity contribution >= 4 is 24.2 Å². The zero-order valence-electron chi connectivity index (χ0n) is 13.6. The molecule has 0 heterocycles. The number of rotatable bonds is 7. The molecule has 2 aromatic rings. The van der Waals surface area contributed by atoms with Crippen molar-refractivity contribution in [3.05, 3.63) is 59.2 Å². The minimum Gasteiger partial charge on any atom is -0.508 e. The predicted octanol–water partition coefficient (Wildman–Crippen LogP) is 2.75. The molecule has 1 atom stereocenters. The van der Waals surface area contributed by atoms with Gasteiger partial charge in [-0.1, -0.05) is 6.92 Å². The second-order valence-electron chi connectivity index (χ2n) is 5.25. The molecule has 0 spiro atoms. The van der Waals surface area contributed by atoms with Crippen LogP contribution in [0.3, 0.4) is 0 Å². The summed E-state index contributed by atoms with van der Waals surface area (Å²) in [6.45, 7) is 1.85. The molecule has 0 aliphatic rings. The van der Waals surface area contributed by atoms with Crippen molar-refractivity contribution in [2.45, 2.75) is 26.0 Å². The van der Waals surface area contributed by atoms with E-state index in [0.29, 0.717) is 28.9 Å². The first-order chi connectivity index (χ1) is 11.5. The molecular weight excluding hydrogens is 346 g/mol. The molecule has 4 N–H and O–H groups in total. The largest absolute Gasteiger partial charge is 0.508 e. The number of hydrogen-bond acceptors (Lipinski definition) is 5. The summed E-state index contributed by atoms with van der Waals surface area (Å²) in [5, 5.41) is 18.6. The van der Waals surface area contributed by atoms with Crippen LogP contribution in [0.1, 0.15) is 34.8 Å². The number of hydrogen-bond donors (Lipinski definition) is 3. The molecule has 0 saturated carbocycles. The Hall–Kier alpha value is -2.57. The van der Waals surface area contributed by atoms with Crippen molar-refractivity contribution in [3.8, 4) is 11.5 Å². The monoisotopic (exact) mass is 365 g/mol. The Morgan fingerprint density at radius 2 is 1.72 bits per heavy atom. The van der Waals surface area contributed by atoms with Gasteiger partial charge in [-0.2, -0.15) is 0 Å². The van der Waals surface area contributed by atoms with Crippen LogP contribution in [-0.4, -0.2) is 28.1 Å². The molecule has 1 unspecified atom stereocenters. The van der Waals surface area contributed by atoms with Crippen LogP contribution < -0.4 is 10.5 Å². The minimum atomic E-state index is -1.03. The van der Waals surface area contributed by atoms with Crippen molar-refractivity contribution in [1.82, 2.24) is 0 Å². The highest BCUT2D eigenvalue weighted by Gasteiger charge is 2.17. The fraction of sp³-hybridized carbons (Fsp3) is 0.222. The predicted molar refractivity (Wildman–Crippen MR) is 95.5 cm³/mol. The maximum Gasteiger partial charge on any atom is 0.344 e. The van der Waals surface area contributed by atoms with Crippen LogP contribution in [0.2, 0.25) is 0 Å². The van der Waals surface area contributed by atoms with Gasteiger partial charge in [-0.15, -0.1) is 12.4 Å². The summed E-state index contributed by atoms with van der Waals surface area (Å²) < 4.78 is 5.36. The quantitative estimate of drug-likeness (QED) is 0.651. The average molecular weight is 366 g/mol. The molecule has 2 rings (SSSR count). The van der Waals surface area contributed by atoms with Gasteiger partial charge in [0.25, 0.3) is 0 Å². The summed E-state index contributed by atoms with van der Waals surface area (Å²) >= 11 is 0. The van der Waals surface area contributed by atoms with E-state index in [1.165, 1.54) is 12.1 Å². The third-order valence-electron chi connectivity index (χ3n) is 3.60. The van der Waals surface area contributed by atoms with Gasteiger partial charge in [0.15, 0.2) is 11.9 Å². The Morgan fingerprint density at radius 1 is 1.12 bits per heavy atom. The van der Waals surface area contributed by atoms with Gasteiger partial charge in [0, 0.05) is 23.2 Å². The van der Waals surface area contributed by atoms with Gasteiger partial charge in [0.1, 0.15) is 11.5 Å². The molecule has 0 aromatic heterocycles. The molecule has 0 aliphatic heterocycles. The van der Waals surface area contributed by atoms with Crippen LogP contribution >= 0.6 is 12.4 Å². The lowest BCUT2D eigenvalue weighted by Crippen LogP contribution is -2.25. The summed E-state index contributed by atoms with van der Waals surface area (Å²) in [6.07, 6.45) is -0.582. The fourth-order valence-electron chi connectivity index (χ4n) is 2.21. The smallest absolute Gasteiger partial charge is 0.344 e. The number of phenols is 1. The number of aliphatic carboxylic acids is 1. The number of aromatic hydroxyl groups is 1. The molecule has 6 nitrogen and oxygen atoms in total. The second-order valence-corrected chi connectivity index (χ2v) is 5.25. The number of halogens is 1. The van der Waals surface area contributed by atoms with Crippen LogP contribution in [0.4, 0.5) is 0 Å². The number of carbonyl (C=O) groups excluding carboxylic acids is 1. The molecule has 0 saturated heterocycles. The molecular formula is C18H20ClNO5. The lowest BCUT2D eigenvalue weighted by atomic mass is 10.0. The summed E-state index contributed by atoms with van der Waals surface area (Å²) in [7, 11) is 0. The van der Waals surface area contributed by atoms with Crippen molar-refractivity contribution in [1.29, 1.82) is 0 Å². The van der Waals surface area contributed by atoms with E-state index in [-0.39, 0.29) is 30.5 Å². The van der Waals surface area contributed by atoms with E-state index >= 15 is 0 Å². The first-order valence-electron chi connectivity index (χ1n) is 7.52. The second kappa shape index (κ2) is 9.05. The van der Waals surface area contributed by atoms with E-state index in [2.05, 4.69) is 0 Å². The van der Waals surface area contributed by atoms with Gasteiger partial charge >= 0.3 is 5.97 Å². The summed E-state index contributed by atoms with van der Waals surface area (Å²) in [5.41, 5.74) is 6.87. The number of carbonyl (C=O) groups is 2. The van der Waals surface area contributed by atoms with E-state index in [1.54, 1.807) is 37.3 Å². The van der Waals surface area contributed by atoms with E-state index in [1.807, 2.05) is 0 Å². The number of carboxylic acid groups (broad SMARTS) is 1. The van der Waals surface area contributed by atoms with E-state index < -0.39 is 12.1 Å². The summed E-state index contributed by atoms with van der Waals surface area (Å²) in [6, 6.07) is 10.8. The third-order valence-corrected chi connectivity index (χ3v) is 3.60. The lowest BCUT2D eigenvalue weighted by molar-refractivity contribution is -0.145. The number of benzene rings is 2. The Morgan fingerprint density at radius 3 is 2.24 bits per heavy atom. The number of nitrogens with two attached hydrogens (primary N) is 1. The zero-order valence-corrected chi connectivity index (χ0v) is 14.5. The molecule has 134 valence electrons. The molecule has 0 fully saturated rings. The van der Waals surface area contributed by atoms with E-state index in [9.17, 15) is 14.7 Å². The normalized spacial score (nSPS) is 11.3. The van der Waals surface area contributed by atoms with Gasteiger partial charge in [-0.3, -0.25) is 4.79 Å². The molecule has 25 heavy (non-hydrogen) atoms. The maximum absolute atomic E-state index is 12.5.